The zero-order chi connectivity index (χ0) is 25.0. The Balaban J connectivity index is 2.70. The van der Waals surface area contributed by atoms with E-state index >= 15 is 0 Å². The second-order valence-electron chi connectivity index (χ2n) is 8.09. The molecule has 1 rings (SSSR count). The number of carbonyl (C=O) groups is 2. The van der Waals surface area contributed by atoms with Crippen molar-refractivity contribution in [1.82, 2.24) is 0 Å². The van der Waals surface area contributed by atoms with Gasteiger partial charge < -0.3 is 9.47 Å². The first-order valence-electron chi connectivity index (χ1n) is 9.97. The Hall–Kier alpha value is -1.69. The molecular weight excluding hydrogens is 463 g/mol. The minimum absolute atomic E-state index is 0.0253. The van der Waals surface area contributed by atoms with Gasteiger partial charge in [0.1, 0.15) is 6.61 Å². The van der Waals surface area contributed by atoms with Gasteiger partial charge in [-0.05, 0) is 26.2 Å². The zero-order valence-corrected chi connectivity index (χ0v) is 17.5. The molecule has 1 saturated carbocycles. The standard InChI is InChI=1S/C19H25F9O4/c1-3-15(2,11-32-13(29)12-7-5-4-6-8-12)14(30)31-10-9-16(20,21)17(22,23)18(24,25)19(26,27)28/h12H,3-11H2,1-2H3. The number of hydrogen-bond acceptors (Lipinski definition) is 4. The van der Waals surface area contributed by atoms with Gasteiger partial charge in [0, 0.05) is 0 Å². The van der Waals surface area contributed by atoms with Crippen molar-refractivity contribution in [3.05, 3.63) is 0 Å². The SMILES string of the molecule is CCC(C)(COC(=O)C1CCCCC1)C(=O)OCCC(F)(F)C(F)(F)C(F)(F)C(F)(F)F. The highest BCUT2D eigenvalue weighted by Crippen LogP contribution is 2.54. The Morgan fingerprint density at radius 1 is 0.844 bits per heavy atom. The summed E-state index contributed by atoms with van der Waals surface area (Å²) in [6.07, 6.45) is -5.36. The van der Waals surface area contributed by atoms with E-state index in [1.807, 2.05) is 0 Å². The first-order valence-corrected chi connectivity index (χ1v) is 9.97. The molecule has 0 aromatic carbocycles. The molecule has 0 saturated heterocycles. The summed E-state index contributed by atoms with van der Waals surface area (Å²) in [7, 11) is 0. The van der Waals surface area contributed by atoms with Crippen LogP contribution in [0.5, 0.6) is 0 Å². The maximum absolute atomic E-state index is 13.5. The van der Waals surface area contributed by atoms with Crippen molar-refractivity contribution in [2.75, 3.05) is 13.2 Å². The van der Waals surface area contributed by atoms with Crippen LogP contribution in [0.4, 0.5) is 39.5 Å². The molecule has 0 bridgehead atoms. The highest BCUT2D eigenvalue weighted by Gasteiger charge is 2.81. The molecule has 0 amide bonds. The topological polar surface area (TPSA) is 52.6 Å². The Morgan fingerprint density at radius 3 is 1.84 bits per heavy atom. The minimum Gasteiger partial charge on any atom is -0.465 e. The summed E-state index contributed by atoms with van der Waals surface area (Å²) in [4.78, 5) is 24.3. The van der Waals surface area contributed by atoms with Crippen molar-refractivity contribution in [2.24, 2.45) is 11.3 Å². The molecule has 1 fully saturated rings. The normalized spacial score (nSPS) is 18.7. The van der Waals surface area contributed by atoms with Crippen molar-refractivity contribution < 1.29 is 58.6 Å². The number of alkyl halides is 9. The van der Waals surface area contributed by atoms with Crippen LogP contribution in [0.3, 0.4) is 0 Å². The van der Waals surface area contributed by atoms with E-state index < -0.39 is 60.9 Å². The molecule has 0 N–H and O–H groups in total. The van der Waals surface area contributed by atoms with E-state index in [9.17, 15) is 49.1 Å². The number of ether oxygens (including phenoxy) is 2. The number of carbonyl (C=O) groups excluding carboxylic acids is 2. The summed E-state index contributed by atoms with van der Waals surface area (Å²) < 4.78 is 125. The molecule has 1 atom stereocenters. The van der Waals surface area contributed by atoms with Gasteiger partial charge in [-0.25, -0.2) is 0 Å². The first kappa shape index (κ1) is 28.3. The van der Waals surface area contributed by atoms with Gasteiger partial charge in [0.25, 0.3) is 0 Å². The maximum atomic E-state index is 13.5. The molecule has 1 aliphatic rings. The largest absolute Gasteiger partial charge is 0.465 e. The Bertz CT molecular complexity index is 658. The number of halogens is 9. The zero-order valence-electron chi connectivity index (χ0n) is 17.5. The molecule has 0 aromatic heterocycles. The summed E-state index contributed by atoms with van der Waals surface area (Å²) in [6, 6.07) is 0. The molecule has 0 heterocycles. The van der Waals surface area contributed by atoms with Gasteiger partial charge in [0.05, 0.1) is 24.4 Å². The summed E-state index contributed by atoms with van der Waals surface area (Å²) in [5, 5.41) is 0. The summed E-state index contributed by atoms with van der Waals surface area (Å²) in [6.45, 7) is 0.647. The van der Waals surface area contributed by atoms with E-state index in [2.05, 4.69) is 4.74 Å². The number of esters is 2. The Kier molecular flexibility index (Phi) is 8.91. The second-order valence-corrected chi connectivity index (χ2v) is 8.09. The lowest BCUT2D eigenvalue weighted by atomic mass is 9.87. The van der Waals surface area contributed by atoms with Crippen molar-refractivity contribution in [1.29, 1.82) is 0 Å². The van der Waals surface area contributed by atoms with E-state index in [0.717, 1.165) is 19.3 Å². The molecule has 0 aliphatic heterocycles. The lowest BCUT2D eigenvalue weighted by molar-refractivity contribution is -0.397. The van der Waals surface area contributed by atoms with Crippen molar-refractivity contribution in [3.63, 3.8) is 0 Å². The molecule has 0 radical (unpaired) electrons. The van der Waals surface area contributed by atoms with Crippen LogP contribution in [0.15, 0.2) is 0 Å². The van der Waals surface area contributed by atoms with Gasteiger partial charge in [0.15, 0.2) is 0 Å². The number of rotatable bonds is 10. The van der Waals surface area contributed by atoms with E-state index in [1.54, 1.807) is 0 Å². The van der Waals surface area contributed by atoms with Crippen LogP contribution < -0.4 is 0 Å². The van der Waals surface area contributed by atoms with Crippen LogP contribution >= 0.6 is 0 Å². The average molecular weight is 488 g/mol. The lowest BCUT2D eigenvalue weighted by Crippen LogP contribution is -2.61. The average Bonchev–Trinajstić information content (AvgIpc) is 2.70. The molecule has 0 aromatic rings. The molecule has 1 aliphatic carbocycles. The van der Waals surface area contributed by atoms with E-state index in [4.69, 9.17) is 4.74 Å². The van der Waals surface area contributed by atoms with Crippen molar-refractivity contribution >= 4 is 11.9 Å². The minimum atomic E-state index is -7.00. The highest BCUT2D eigenvalue weighted by atomic mass is 19.4. The third-order valence-corrected chi connectivity index (χ3v) is 5.60. The third-order valence-electron chi connectivity index (χ3n) is 5.60. The molecule has 1 unspecified atom stereocenters. The molecular formula is C19H25F9O4. The first-order chi connectivity index (χ1) is 14.4. The molecule has 13 heteroatoms. The van der Waals surface area contributed by atoms with Crippen molar-refractivity contribution in [2.45, 2.75) is 82.7 Å². The van der Waals surface area contributed by atoms with Crippen LogP contribution in [0.2, 0.25) is 0 Å². The Morgan fingerprint density at radius 2 is 1.38 bits per heavy atom. The number of hydrogen-bond donors (Lipinski definition) is 0. The third kappa shape index (κ3) is 6.00. The highest BCUT2D eigenvalue weighted by molar-refractivity contribution is 5.78. The van der Waals surface area contributed by atoms with Crippen LogP contribution in [-0.2, 0) is 19.1 Å². The second kappa shape index (κ2) is 10.1. The van der Waals surface area contributed by atoms with Crippen LogP contribution in [0, 0.1) is 11.3 Å². The van der Waals surface area contributed by atoms with Gasteiger partial charge >= 0.3 is 35.9 Å². The fraction of sp³-hybridized carbons (Fsp3) is 0.895. The van der Waals surface area contributed by atoms with E-state index in [-0.39, 0.29) is 12.3 Å². The van der Waals surface area contributed by atoms with Gasteiger partial charge in [-0.15, -0.1) is 0 Å². The van der Waals surface area contributed by atoms with Crippen molar-refractivity contribution in [3.8, 4) is 0 Å². The van der Waals surface area contributed by atoms with Crippen LogP contribution in [-0.4, -0.2) is 49.1 Å². The predicted octanol–water partition coefficient (Wildman–Crippen LogP) is 5.93. The van der Waals surface area contributed by atoms with E-state index in [0.29, 0.717) is 12.8 Å². The molecule has 32 heavy (non-hydrogen) atoms. The van der Waals surface area contributed by atoms with Gasteiger partial charge in [-0.3, -0.25) is 9.59 Å². The van der Waals surface area contributed by atoms with Crippen LogP contribution in [0.1, 0.15) is 58.8 Å². The summed E-state index contributed by atoms with van der Waals surface area (Å²) >= 11 is 0. The maximum Gasteiger partial charge on any atom is 0.460 e. The van der Waals surface area contributed by atoms with Gasteiger partial charge in [0.2, 0.25) is 0 Å². The fourth-order valence-corrected chi connectivity index (χ4v) is 3.00. The van der Waals surface area contributed by atoms with Crippen LogP contribution in [0.25, 0.3) is 0 Å². The van der Waals surface area contributed by atoms with E-state index in [1.165, 1.54) is 13.8 Å². The molecule has 188 valence electrons. The monoisotopic (exact) mass is 488 g/mol. The Labute approximate surface area is 178 Å². The smallest absolute Gasteiger partial charge is 0.460 e. The van der Waals surface area contributed by atoms with Gasteiger partial charge in [-0.2, -0.15) is 39.5 Å². The summed E-state index contributed by atoms with van der Waals surface area (Å²) in [5.41, 5.74) is -1.56. The van der Waals surface area contributed by atoms with Gasteiger partial charge in [-0.1, -0.05) is 26.2 Å². The molecule has 4 nitrogen and oxygen atoms in total. The fourth-order valence-electron chi connectivity index (χ4n) is 3.00. The quantitative estimate of drug-likeness (QED) is 0.283. The predicted molar refractivity (Wildman–Crippen MR) is 92.4 cm³/mol. The lowest BCUT2D eigenvalue weighted by Gasteiger charge is -2.33. The molecule has 0 spiro atoms. The summed E-state index contributed by atoms with van der Waals surface area (Å²) in [5.74, 6) is -21.8.